The third kappa shape index (κ3) is 6.85. The predicted octanol–water partition coefficient (Wildman–Crippen LogP) is 2.85. The Bertz CT molecular complexity index is 1370. The zero-order chi connectivity index (χ0) is 38.0. The number of rotatable bonds is 10. The third-order valence-electron chi connectivity index (χ3n) is 15.4. The van der Waals surface area contributed by atoms with Crippen molar-refractivity contribution in [3.8, 4) is 0 Å². The average Bonchev–Trinajstić information content (AvgIpc) is 3.53. The van der Waals surface area contributed by atoms with Gasteiger partial charge < -0.3 is 53.6 Å². The molecule has 3 aliphatic heterocycles. The number of cyclic esters (lactones) is 1. The van der Waals surface area contributed by atoms with Gasteiger partial charge in [0.05, 0.1) is 37.9 Å². The molecule has 1 spiro atoms. The first kappa shape index (κ1) is 39.7. The van der Waals surface area contributed by atoms with Crippen LogP contribution in [0.15, 0.2) is 0 Å². The Morgan fingerprint density at radius 3 is 2.36 bits per heavy atom. The predicted molar refractivity (Wildman–Crippen MR) is 187 cm³/mol. The number of ketones is 2. The van der Waals surface area contributed by atoms with E-state index in [0.29, 0.717) is 31.7 Å². The first-order valence-electron chi connectivity index (χ1n) is 20.1. The van der Waals surface area contributed by atoms with E-state index in [1.54, 1.807) is 14.0 Å². The number of aliphatic hydroxyl groups is 4. The number of hydrogen-bond acceptors (Lipinski definition) is 13. The first-order chi connectivity index (χ1) is 25.1. The molecule has 13 nitrogen and oxygen atoms in total. The number of fused-ring (bicyclic) bond motifs is 3. The molecule has 4 N–H and O–H groups in total. The summed E-state index contributed by atoms with van der Waals surface area (Å²) >= 11 is 0. The van der Waals surface area contributed by atoms with E-state index in [1.165, 1.54) is 0 Å². The topological polar surface area (TPSA) is 188 Å². The Morgan fingerprint density at radius 2 is 1.68 bits per heavy atom. The Labute approximate surface area is 312 Å². The molecule has 4 aliphatic carbocycles. The monoisotopic (exact) mass is 750 g/mol. The summed E-state index contributed by atoms with van der Waals surface area (Å²) in [5.41, 5.74) is -0.817. The molecule has 13 heteroatoms. The highest BCUT2D eigenvalue weighted by atomic mass is 16.7. The van der Waals surface area contributed by atoms with E-state index in [1.807, 2.05) is 6.92 Å². The Morgan fingerprint density at radius 1 is 0.925 bits per heavy atom. The fraction of sp³-hybridized carbons (Fsp3) is 0.925. The molecule has 1 unspecified atom stereocenters. The van der Waals surface area contributed by atoms with E-state index >= 15 is 0 Å². The smallest absolute Gasteiger partial charge is 0.306 e. The van der Waals surface area contributed by atoms with Crippen molar-refractivity contribution in [2.45, 2.75) is 166 Å². The lowest BCUT2D eigenvalue weighted by molar-refractivity contribution is -0.347. The fourth-order valence-corrected chi connectivity index (χ4v) is 12.7. The normalized spacial score (nSPS) is 51.3. The van der Waals surface area contributed by atoms with Crippen LogP contribution in [0, 0.1) is 45.8 Å². The Kier molecular flexibility index (Phi) is 11.3. The van der Waals surface area contributed by atoms with Crippen molar-refractivity contribution in [2.24, 2.45) is 45.8 Å². The van der Waals surface area contributed by atoms with E-state index < -0.39 is 61.9 Å². The third-order valence-corrected chi connectivity index (χ3v) is 15.4. The van der Waals surface area contributed by atoms with Gasteiger partial charge in [0.2, 0.25) is 0 Å². The minimum absolute atomic E-state index is 0.0220. The maximum absolute atomic E-state index is 14.8. The molecular formula is C40H62O13. The summed E-state index contributed by atoms with van der Waals surface area (Å²) in [4.78, 5) is 39.5. The van der Waals surface area contributed by atoms with E-state index in [2.05, 4.69) is 13.8 Å². The summed E-state index contributed by atoms with van der Waals surface area (Å²) in [6.45, 7) is 7.95. The molecule has 7 fully saturated rings. The lowest BCUT2D eigenvalue weighted by atomic mass is 9.36. The fourth-order valence-electron chi connectivity index (χ4n) is 12.7. The molecule has 7 aliphatic rings. The Hall–Kier alpha value is -1.55. The lowest BCUT2D eigenvalue weighted by Gasteiger charge is -2.67. The van der Waals surface area contributed by atoms with E-state index in [-0.39, 0.29) is 63.7 Å². The van der Waals surface area contributed by atoms with Crippen molar-refractivity contribution < 1.29 is 63.2 Å². The van der Waals surface area contributed by atoms with E-state index in [0.717, 1.165) is 57.8 Å². The summed E-state index contributed by atoms with van der Waals surface area (Å²) in [6, 6.07) is 0. The van der Waals surface area contributed by atoms with Crippen molar-refractivity contribution in [3.63, 3.8) is 0 Å². The molecule has 18 atom stereocenters. The standard InChI is InChI=1S/C40H62O13/c1-20(42)14-24-25-7-13-40-12-6-23(15-22-16-30(43)49-19-22)38(3,37(40)47)11-9-29(40)39(25,4)10-8-26(24)51-31-17-27(48-5)35(21(2)50-31)53-36-34(46)33(45)32(44)28(18-41)52-36/h21-29,31-36,41,44-46H,6-19H2,1-5H3/t21-,22?,23-,24-,25+,26+,27-,28-,29+,31-,32-,33+,34-,35-,36+,38-,39+,40-/m1/s1. The number of ether oxygens (including phenoxy) is 6. The van der Waals surface area contributed by atoms with Crippen LogP contribution in [0.5, 0.6) is 0 Å². The molecule has 0 radical (unpaired) electrons. The van der Waals surface area contributed by atoms with Crippen molar-refractivity contribution in [2.75, 3.05) is 20.3 Å². The minimum atomic E-state index is -1.57. The van der Waals surface area contributed by atoms with Crippen LogP contribution in [-0.4, -0.2) is 120 Å². The second-order valence-electron chi connectivity index (χ2n) is 18.2. The maximum Gasteiger partial charge on any atom is 0.306 e. The summed E-state index contributed by atoms with van der Waals surface area (Å²) in [5.74, 6) is 1.38. The summed E-state index contributed by atoms with van der Waals surface area (Å²) in [5, 5.41) is 40.7. The molecule has 0 amide bonds. The van der Waals surface area contributed by atoms with Crippen LogP contribution in [0.1, 0.15) is 105 Å². The molecular weight excluding hydrogens is 688 g/mol. The largest absolute Gasteiger partial charge is 0.465 e. The van der Waals surface area contributed by atoms with Gasteiger partial charge in [0, 0.05) is 36.7 Å². The van der Waals surface area contributed by atoms with Gasteiger partial charge in [-0.3, -0.25) is 9.59 Å². The van der Waals surface area contributed by atoms with Crippen LogP contribution in [0.2, 0.25) is 0 Å². The molecule has 4 saturated carbocycles. The van der Waals surface area contributed by atoms with Gasteiger partial charge in [-0.15, -0.1) is 0 Å². The van der Waals surface area contributed by atoms with Crippen LogP contribution in [-0.2, 0) is 42.8 Å². The van der Waals surface area contributed by atoms with Crippen LogP contribution < -0.4 is 0 Å². The van der Waals surface area contributed by atoms with Crippen molar-refractivity contribution in [1.29, 1.82) is 0 Å². The summed E-state index contributed by atoms with van der Waals surface area (Å²) < 4.78 is 36.0. The number of carbonyl (C=O) groups excluding carboxylic acids is 3. The molecule has 7 rings (SSSR count). The first-order valence-corrected chi connectivity index (χ1v) is 20.1. The lowest BCUT2D eigenvalue weighted by Crippen LogP contribution is -2.66. The van der Waals surface area contributed by atoms with Gasteiger partial charge in [-0.05, 0) is 101 Å². The molecule has 3 heterocycles. The molecule has 0 aromatic carbocycles. The average molecular weight is 751 g/mol. The van der Waals surface area contributed by atoms with Crippen LogP contribution in [0.4, 0.5) is 0 Å². The molecule has 0 aromatic heterocycles. The van der Waals surface area contributed by atoms with Crippen LogP contribution >= 0.6 is 0 Å². The van der Waals surface area contributed by atoms with Gasteiger partial charge in [0.25, 0.3) is 0 Å². The van der Waals surface area contributed by atoms with Crippen molar-refractivity contribution in [1.82, 2.24) is 0 Å². The summed E-state index contributed by atoms with van der Waals surface area (Å²) in [6.07, 6.45) is -0.520. The number of methoxy groups -OCH3 is 1. The van der Waals surface area contributed by atoms with Crippen LogP contribution in [0.3, 0.4) is 0 Å². The van der Waals surface area contributed by atoms with Crippen molar-refractivity contribution >= 4 is 17.5 Å². The summed E-state index contributed by atoms with van der Waals surface area (Å²) in [7, 11) is 1.56. The van der Waals surface area contributed by atoms with Gasteiger partial charge in [0.1, 0.15) is 42.1 Å². The van der Waals surface area contributed by atoms with E-state index in [9.17, 15) is 34.8 Å². The number of Topliss-reactive ketones (excluding diaryl/α,β-unsaturated/α-hetero) is 2. The highest BCUT2D eigenvalue weighted by Crippen LogP contribution is 2.71. The highest BCUT2D eigenvalue weighted by molar-refractivity contribution is 5.92. The molecule has 2 bridgehead atoms. The zero-order valence-corrected chi connectivity index (χ0v) is 32.0. The number of carbonyl (C=O) groups is 3. The minimum Gasteiger partial charge on any atom is -0.465 e. The van der Waals surface area contributed by atoms with Crippen LogP contribution in [0.25, 0.3) is 0 Å². The molecule has 3 saturated heterocycles. The Balaban J connectivity index is 1.04. The van der Waals surface area contributed by atoms with Gasteiger partial charge in [-0.2, -0.15) is 0 Å². The van der Waals surface area contributed by atoms with Gasteiger partial charge in [0.15, 0.2) is 12.6 Å². The van der Waals surface area contributed by atoms with Gasteiger partial charge in [-0.25, -0.2) is 0 Å². The number of hydrogen-bond donors (Lipinski definition) is 4. The number of esters is 1. The van der Waals surface area contributed by atoms with Crippen molar-refractivity contribution in [3.05, 3.63) is 0 Å². The molecule has 0 aromatic rings. The quantitative estimate of drug-likeness (QED) is 0.189. The molecule has 300 valence electrons. The van der Waals surface area contributed by atoms with Gasteiger partial charge >= 0.3 is 5.97 Å². The van der Waals surface area contributed by atoms with E-state index in [4.69, 9.17) is 28.4 Å². The zero-order valence-electron chi connectivity index (χ0n) is 32.0. The van der Waals surface area contributed by atoms with Gasteiger partial charge in [-0.1, -0.05) is 13.8 Å². The second kappa shape index (κ2) is 15.1. The molecule has 53 heavy (non-hydrogen) atoms. The number of aliphatic hydroxyl groups excluding tert-OH is 4. The highest BCUT2D eigenvalue weighted by Gasteiger charge is 2.68. The maximum atomic E-state index is 14.8. The SMILES string of the molecule is CO[C@@H]1C[C@@H](O[C@H]2CC[C@]3(C)[C@@H]4CC[C@@]5(C)C(=O)[C@]4(CC[C@@H]5CC4COC(=O)C4)CC[C@H]3[C@H]2CC(C)=O)O[C@H](C)[C@H]1O[C@@H]1O[C@H](CO)[C@@H](O)[C@H](O)[C@H]1O. The second-order valence-corrected chi connectivity index (χ2v) is 18.2.